The van der Waals surface area contributed by atoms with Gasteiger partial charge in [-0.2, -0.15) is 0 Å². The van der Waals surface area contributed by atoms with E-state index < -0.39 is 6.10 Å². The van der Waals surface area contributed by atoms with Crippen molar-refractivity contribution >= 4 is 17.9 Å². The average Bonchev–Trinajstić information content (AvgIpc) is 3.33. The Bertz CT molecular complexity index is 1440. The molecule has 0 N–H and O–H groups in total. The smallest absolute Gasteiger partial charge is 0.306 e. The van der Waals surface area contributed by atoms with E-state index >= 15 is 0 Å². The molecule has 0 aromatic heterocycles. The monoisotopic (exact) mass is 927 g/mol. The second kappa shape index (κ2) is 54.4. The molecule has 0 aliphatic carbocycles. The lowest BCUT2D eigenvalue weighted by Crippen LogP contribution is -2.30. The average molecular weight is 927 g/mol. The highest BCUT2D eigenvalue weighted by Gasteiger charge is 2.19. The first kappa shape index (κ1) is 62.8. The van der Waals surface area contributed by atoms with Gasteiger partial charge in [0.2, 0.25) is 0 Å². The van der Waals surface area contributed by atoms with Gasteiger partial charge in [-0.05, 0) is 103 Å². The Hall–Kier alpha value is -4.19. The van der Waals surface area contributed by atoms with Gasteiger partial charge in [-0.3, -0.25) is 14.4 Å². The van der Waals surface area contributed by atoms with E-state index in [1.165, 1.54) is 77.0 Å². The molecule has 0 spiro atoms. The highest BCUT2D eigenvalue weighted by Crippen LogP contribution is 2.13. The Morgan fingerprint density at radius 2 is 0.612 bits per heavy atom. The van der Waals surface area contributed by atoms with E-state index in [4.69, 9.17) is 14.2 Å². The van der Waals surface area contributed by atoms with Gasteiger partial charge < -0.3 is 14.2 Å². The summed E-state index contributed by atoms with van der Waals surface area (Å²) < 4.78 is 16.7. The molecule has 0 amide bonds. The number of esters is 3. The fourth-order valence-corrected chi connectivity index (χ4v) is 6.92. The third-order valence-corrected chi connectivity index (χ3v) is 11.0. The number of ether oxygens (including phenoxy) is 3. The van der Waals surface area contributed by atoms with Crippen LogP contribution >= 0.6 is 0 Å². The van der Waals surface area contributed by atoms with Crippen LogP contribution in [0.3, 0.4) is 0 Å². The number of hydrogen-bond acceptors (Lipinski definition) is 6. The molecular formula is C61H98O6. The Labute approximate surface area is 412 Å². The van der Waals surface area contributed by atoms with Crippen molar-refractivity contribution in [2.24, 2.45) is 0 Å². The van der Waals surface area contributed by atoms with E-state index in [9.17, 15) is 14.4 Å². The van der Waals surface area contributed by atoms with Gasteiger partial charge in [0.05, 0.1) is 0 Å². The maximum absolute atomic E-state index is 12.8. The predicted molar refractivity (Wildman–Crippen MR) is 288 cm³/mol. The highest BCUT2D eigenvalue weighted by atomic mass is 16.6. The van der Waals surface area contributed by atoms with Crippen LogP contribution in [0.1, 0.15) is 226 Å². The zero-order chi connectivity index (χ0) is 48.6. The number of rotatable bonds is 47. The molecule has 0 aliphatic rings. The molecule has 378 valence electrons. The van der Waals surface area contributed by atoms with E-state index in [1.807, 2.05) is 12.2 Å². The molecule has 1 atom stereocenters. The second-order valence-corrected chi connectivity index (χ2v) is 17.4. The third-order valence-electron chi connectivity index (χ3n) is 11.0. The summed E-state index contributed by atoms with van der Waals surface area (Å²) >= 11 is 0. The van der Waals surface area contributed by atoms with Gasteiger partial charge in [-0.15, -0.1) is 0 Å². The molecule has 6 nitrogen and oxygen atoms in total. The van der Waals surface area contributed by atoms with Gasteiger partial charge in [0.1, 0.15) is 13.2 Å². The summed E-state index contributed by atoms with van der Waals surface area (Å²) in [6.45, 7) is 6.38. The molecule has 0 aliphatic heterocycles. The van der Waals surface area contributed by atoms with Crippen molar-refractivity contribution in [3.05, 3.63) is 122 Å². The van der Waals surface area contributed by atoms with Crippen LogP contribution < -0.4 is 0 Å². The van der Waals surface area contributed by atoms with Crippen LogP contribution in [0, 0.1) is 0 Å². The lowest BCUT2D eigenvalue weighted by Gasteiger charge is -2.18. The van der Waals surface area contributed by atoms with Crippen LogP contribution in [-0.4, -0.2) is 37.2 Å². The van der Waals surface area contributed by atoms with Gasteiger partial charge >= 0.3 is 17.9 Å². The molecule has 0 saturated heterocycles. The maximum Gasteiger partial charge on any atom is 0.306 e. The van der Waals surface area contributed by atoms with Crippen LogP contribution in [0.4, 0.5) is 0 Å². The molecule has 0 unspecified atom stereocenters. The summed E-state index contributed by atoms with van der Waals surface area (Å²) in [5.41, 5.74) is 0. The molecule has 0 heterocycles. The molecule has 0 radical (unpaired) electrons. The first-order valence-electron chi connectivity index (χ1n) is 27.0. The molecule has 6 heteroatoms. The van der Waals surface area contributed by atoms with Crippen molar-refractivity contribution in [1.82, 2.24) is 0 Å². The van der Waals surface area contributed by atoms with Crippen molar-refractivity contribution in [3.8, 4) is 0 Å². The van der Waals surface area contributed by atoms with E-state index in [0.717, 1.165) is 96.3 Å². The minimum atomic E-state index is -0.827. The lowest BCUT2D eigenvalue weighted by molar-refractivity contribution is -0.166. The number of hydrogen-bond donors (Lipinski definition) is 0. The third kappa shape index (κ3) is 52.6. The van der Waals surface area contributed by atoms with E-state index in [2.05, 4.69) is 130 Å². The van der Waals surface area contributed by atoms with E-state index in [1.54, 1.807) is 0 Å². The SMILES string of the molecule is CC/C=C\C/C=C\C/C=C\C/C=C\C/C=C\C/C=C\CCC(=O)OC[C@H](COC(=O)CCCCCCCCCCCCC)OC(=O)CCCCC/C=C\C/C=C\C/C=C\C/C=C\CCCCC. The lowest BCUT2D eigenvalue weighted by atomic mass is 10.1. The van der Waals surface area contributed by atoms with E-state index in [0.29, 0.717) is 19.3 Å². The van der Waals surface area contributed by atoms with Crippen LogP contribution in [0.5, 0.6) is 0 Å². The van der Waals surface area contributed by atoms with Crippen molar-refractivity contribution in [1.29, 1.82) is 0 Å². The molecule has 0 aromatic rings. The summed E-state index contributed by atoms with van der Waals surface area (Å²) in [6, 6.07) is 0. The van der Waals surface area contributed by atoms with Crippen molar-refractivity contribution < 1.29 is 28.6 Å². The summed E-state index contributed by atoms with van der Waals surface area (Å²) in [7, 11) is 0. The van der Waals surface area contributed by atoms with Crippen LogP contribution in [0.15, 0.2) is 122 Å². The minimum Gasteiger partial charge on any atom is -0.462 e. The van der Waals surface area contributed by atoms with Crippen molar-refractivity contribution in [3.63, 3.8) is 0 Å². The van der Waals surface area contributed by atoms with Crippen LogP contribution in [0.2, 0.25) is 0 Å². The highest BCUT2D eigenvalue weighted by molar-refractivity contribution is 5.71. The summed E-state index contributed by atoms with van der Waals surface area (Å²) in [4.78, 5) is 38.0. The van der Waals surface area contributed by atoms with Gasteiger partial charge in [0.15, 0.2) is 6.10 Å². The molecule has 0 rings (SSSR count). The fraction of sp³-hybridized carbons (Fsp3) is 0.623. The summed E-state index contributed by atoms with van der Waals surface area (Å²) in [5.74, 6) is -1.04. The fourth-order valence-electron chi connectivity index (χ4n) is 6.92. The Morgan fingerprint density at radius 3 is 1.03 bits per heavy atom. The zero-order valence-corrected chi connectivity index (χ0v) is 43.1. The number of allylic oxidation sites excluding steroid dienone is 20. The first-order chi connectivity index (χ1) is 33.0. The van der Waals surface area contributed by atoms with Gasteiger partial charge in [-0.1, -0.05) is 226 Å². The number of carbonyl (C=O) groups is 3. The first-order valence-corrected chi connectivity index (χ1v) is 27.0. The quantitative estimate of drug-likeness (QED) is 0.0262. The molecule has 0 bridgehead atoms. The normalized spacial score (nSPS) is 13.1. The summed E-state index contributed by atoms with van der Waals surface area (Å²) in [5, 5.41) is 0. The Morgan fingerprint density at radius 1 is 0.313 bits per heavy atom. The van der Waals surface area contributed by atoms with E-state index in [-0.39, 0.29) is 44.0 Å². The van der Waals surface area contributed by atoms with Gasteiger partial charge in [0, 0.05) is 19.3 Å². The second-order valence-electron chi connectivity index (χ2n) is 17.4. The molecule has 0 saturated carbocycles. The molecule has 0 aromatic carbocycles. The Kier molecular flexibility index (Phi) is 51.0. The predicted octanol–water partition coefficient (Wildman–Crippen LogP) is 18.1. The summed E-state index contributed by atoms with van der Waals surface area (Å²) in [6.07, 6.45) is 74.8. The number of unbranched alkanes of at least 4 members (excludes halogenated alkanes) is 16. The largest absolute Gasteiger partial charge is 0.462 e. The van der Waals surface area contributed by atoms with Crippen LogP contribution in [-0.2, 0) is 28.6 Å². The topological polar surface area (TPSA) is 78.9 Å². The number of carbonyl (C=O) groups excluding carboxylic acids is 3. The maximum atomic E-state index is 12.8. The zero-order valence-electron chi connectivity index (χ0n) is 43.1. The molecular weight excluding hydrogens is 829 g/mol. The van der Waals surface area contributed by atoms with Crippen molar-refractivity contribution in [2.75, 3.05) is 13.2 Å². The van der Waals surface area contributed by atoms with Crippen molar-refractivity contribution in [2.45, 2.75) is 232 Å². The Balaban J connectivity index is 4.56. The standard InChI is InChI=1S/C61H98O6/c1-4-7-10-13-16-19-22-24-26-28-30-32-34-36-39-42-45-48-51-54-60(63)66-57-58(56-65-59(62)53-50-47-44-41-38-21-18-15-12-9-6-3)67-61(64)55-52-49-46-43-40-37-35-33-31-29-27-25-23-20-17-14-11-8-5-2/h7,10,16-17,19-20,24-27,30-33,36-37,39-40,45,48,58H,4-6,8-9,11-15,18,21-23,28-29,34-35,38,41-44,46-47,49-57H2,1-3H3/b10-7-,19-16-,20-17-,26-24-,27-25-,32-30-,33-31-,39-36-,40-37-,48-45-/t58-/m0/s1. The van der Waals surface area contributed by atoms with Gasteiger partial charge in [-0.25, -0.2) is 0 Å². The molecule has 67 heavy (non-hydrogen) atoms. The minimum absolute atomic E-state index is 0.116. The van der Waals surface area contributed by atoms with Gasteiger partial charge in [0.25, 0.3) is 0 Å². The van der Waals surface area contributed by atoms with Crippen LogP contribution in [0.25, 0.3) is 0 Å². The molecule has 0 fully saturated rings.